The van der Waals surface area contributed by atoms with E-state index in [9.17, 15) is 0 Å². The lowest BCUT2D eigenvalue weighted by Gasteiger charge is -2.13. The van der Waals surface area contributed by atoms with Crippen LogP contribution in [0.1, 0.15) is 0 Å². The van der Waals surface area contributed by atoms with Gasteiger partial charge in [0.15, 0.2) is 0 Å². The Morgan fingerprint density at radius 2 is 0.800 bits per heavy atom. The molecule has 5 aromatic heterocycles. The molecular formula is C55H33N3S2. The monoisotopic (exact) mass is 799 g/mol. The maximum atomic E-state index is 5.05. The molecule has 0 unspecified atom stereocenters. The summed E-state index contributed by atoms with van der Waals surface area (Å²) in [7, 11) is 2.24. The van der Waals surface area contributed by atoms with Gasteiger partial charge in [0.2, 0.25) is 0 Å². The Labute approximate surface area is 353 Å². The van der Waals surface area contributed by atoms with Crippen molar-refractivity contribution in [2.45, 2.75) is 0 Å². The largest absolute Gasteiger partial charge is 0.343 e. The van der Waals surface area contributed by atoms with E-state index < -0.39 is 0 Å². The fraction of sp³-hybridized carbons (Fsp3) is 0.0182. The van der Waals surface area contributed by atoms with Gasteiger partial charge in [-0.3, -0.25) is 9.97 Å². The van der Waals surface area contributed by atoms with E-state index in [4.69, 9.17) is 9.97 Å². The average molecular weight is 800 g/mol. The van der Waals surface area contributed by atoms with Gasteiger partial charge < -0.3 is 4.57 Å². The van der Waals surface area contributed by atoms with Gasteiger partial charge >= 0.3 is 0 Å². The van der Waals surface area contributed by atoms with E-state index in [1.807, 2.05) is 22.7 Å². The van der Waals surface area contributed by atoms with Gasteiger partial charge in [0.05, 0.1) is 31.5 Å². The summed E-state index contributed by atoms with van der Waals surface area (Å²) in [5, 5.41) is 9.68. The first-order valence-corrected chi connectivity index (χ1v) is 21.9. The lowest BCUT2D eigenvalue weighted by atomic mass is 9.92. The number of rotatable bonds is 4. The third-order valence-electron chi connectivity index (χ3n) is 12.4. The van der Waals surface area contributed by atoms with Crippen LogP contribution in [0.15, 0.2) is 182 Å². The number of hydrogen-bond acceptors (Lipinski definition) is 4. The predicted octanol–water partition coefficient (Wildman–Crippen LogP) is 15.8. The molecule has 60 heavy (non-hydrogen) atoms. The van der Waals surface area contributed by atoms with Crippen LogP contribution in [-0.2, 0) is 7.05 Å². The number of fused-ring (bicyclic) bond motifs is 13. The zero-order valence-corrected chi connectivity index (χ0v) is 34.1. The van der Waals surface area contributed by atoms with Gasteiger partial charge in [-0.2, -0.15) is 0 Å². The van der Waals surface area contributed by atoms with Gasteiger partial charge in [-0.25, -0.2) is 0 Å². The SMILES string of the molecule is Cn1c2c(-c3ccc4c(cnc5c6ccccc6sc45)c3)cc(-c3ccccc3)cc2c2cc(-c3ccccc3)cc(-c3ccc4c(cnc5c6ccccc6sc45)c3)c21. The second kappa shape index (κ2) is 12.9. The number of benzene rings is 8. The number of aryl methyl sites for hydroxylation is 1. The van der Waals surface area contributed by atoms with Gasteiger partial charge in [0, 0.05) is 83.1 Å². The smallest absolute Gasteiger partial charge is 0.0894 e. The third kappa shape index (κ3) is 5.00. The molecule has 0 saturated heterocycles. The maximum Gasteiger partial charge on any atom is 0.0894 e. The van der Waals surface area contributed by atoms with E-state index in [0.717, 1.165) is 21.8 Å². The molecule has 0 bridgehead atoms. The van der Waals surface area contributed by atoms with Gasteiger partial charge in [-0.15, -0.1) is 22.7 Å². The molecule has 8 aromatic carbocycles. The van der Waals surface area contributed by atoms with Crippen LogP contribution in [0.25, 0.3) is 128 Å². The topological polar surface area (TPSA) is 30.7 Å². The molecule has 5 heterocycles. The normalized spacial score (nSPS) is 12.1. The van der Waals surface area contributed by atoms with Crippen molar-refractivity contribution in [2.75, 3.05) is 0 Å². The predicted molar refractivity (Wildman–Crippen MR) is 259 cm³/mol. The van der Waals surface area contributed by atoms with Crippen LogP contribution in [0.5, 0.6) is 0 Å². The Hall–Kier alpha value is -7.18. The van der Waals surface area contributed by atoms with Crippen LogP contribution in [0.4, 0.5) is 0 Å². The van der Waals surface area contributed by atoms with Crippen molar-refractivity contribution in [3.05, 3.63) is 182 Å². The summed E-state index contributed by atoms with van der Waals surface area (Å²) in [5.74, 6) is 0. The van der Waals surface area contributed by atoms with Crippen molar-refractivity contribution >= 4 is 107 Å². The molecule has 0 saturated carbocycles. The summed E-state index contributed by atoms with van der Waals surface area (Å²) in [6, 6.07) is 62.3. The summed E-state index contributed by atoms with van der Waals surface area (Å²) < 4.78 is 7.46. The standard InChI is InChI=1S/C55H33N3S2/c1-58-52-44(34-20-22-40-38(24-34)30-56-50-42-16-8-10-18-48(42)59-54(40)50)26-36(32-12-4-2-5-13-32)28-46(52)47-29-37(33-14-6-3-7-15-33)27-45(53(47)58)35-21-23-41-39(25-35)31-57-51-43-17-9-11-19-49(43)60-55(41)51/h2-31H,1H3. The Morgan fingerprint density at radius 1 is 0.367 bits per heavy atom. The fourth-order valence-corrected chi connectivity index (χ4v) is 12.0. The average Bonchev–Trinajstić information content (AvgIpc) is 3.98. The second-order valence-electron chi connectivity index (χ2n) is 15.8. The van der Waals surface area contributed by atoms with Crippen molar-refractivity contribution in [3.8, 4) is 44.5 Å². The summed E-state index contributed by atoms with van der Waals surface area (Å²) in [4.78, 5) is 10.1. The number of thiophene rings is 2. The molecule has 0 radical (unpaired) electrons. The highest BCUT2D eigenvalue weighted by Gasteiger charge is 2.21. The van der Waals surface area contributed by atoms with E-state index in [1.165, 1.54) is 107 Å². The van der Waals surface area contributed by atoms with Gasteiger partial charge in [0.1, 0.15) is 0 Å². The Morgan fingerprint density at radius 3 is 1.27 bits per heavy atom. The Bertz CT molecular complexity index is 3640. The van der Waals surface area contributed by atoms with Gasteiger partial charge in [0.25, 0.3) is 0 Å². The van der Waals surface area contributed by atoms with E-state index in [2.05, 4.69) is 194 Å². The molecule has 13 rings (SSSR count). The number of hydrogen-bond donors (Lipinski definition) is 0. The summed E-state index contributed by atoms with van der Waals surface area (Å²) in [5.41, 5.74) is 14.1. The minimum atomic E-state index is 1.08. The Balaban J connectivity index is 1.09. The van der Waals surface area contributed by atoms with Crippen molar-refractivity contribution < 1.29 is 0 Å². The zero-order valence-electron chi connectivity index (χ0n) is 32.5. The first kappa shape index (κ1) is 33.8. The van der Waals surface area contributed by atoms with Gasteiger partial charge in [-0.1, -0.05) is 121 Å². The van der Waals surface area contributed by atoms with Crippen molar-refractivity contribution in [1.82, 2.24) is 14.5 Å². The fourth-order valence-electron chi connectivity index (χ4n) is 9.59. The summed E-state index contributed by atoms with van der Waals surface area (Å²) in [6.07, 6.45) is 4.12. The molecule has 280 valence electrons. The molecular weight excluding hydrogens is 767 g/mol. The van der Waals surface area contributed by atoms with Crippen LogP contribution in [0, 0.1) is 0 Å². The lowest BCUT2D eigenvalue weighted by Crippen LogP contribution is -1.94. The molecule has 0 aliphatic rings. The molecule has 0 aliphatic heterocycles. The van der Waals surface area contributed by atoms with Crippen molar-refractivity contribution in [1.29, 1.82) is 0 Å². The summed E-state index contributed by atoms with van der Waals surface area (Å²) in [6.45, 7) is 0. The minimum absolute atomic E-state index is 1.08. The van der Waals surface area contributed by atoms with Crippen LogP contribution in [0.2, 0.25) is 0 Å². The van der Waals surface area contributed by atoms with Crippen molar-refractivity contribution in [2.24, 2.45) is 7.05 Å². The highest BCUT2D eigenvalue weighted by atomic mass is 32.1. The van der Waals surface area contributed by atoms with Gasteiger partial charge in [-0.05, 0) is 81.9 Å². The molecule has 0 spiro atoms. The molecule has 0 N–H and O–H groups in total. The maximum absolute atomic E-state index is 5.05. The molecule has 3 nitrogen and oxygen atoms in total. The first-order chi connectivity index (χ1) is 29.6. The molecule has 5 heteroatoms. The highest BCUT2D eigenvalue weighted by Crippen LogP contribution is 2.46. The van der Waals surface area contributed by atoms with Crippen LogP contribution >= 0.6 is 22.7 Å². The van der Waals surface area contributed by atoms with Crippen molar-refractivity contribution in [3.63, 3.8) is 0 Å². The lowest BCUT2D eigenvalue weighted by molar-refractivity contribution is 1.02. The molecule has 0 amide bonds. The first-order valence-electron chi connectivity index (χ1n) is 20.3. The number of nitrogens with zero attached hydrogens (tertiary/aromatic N) is 3. The number of pyridine rings is 2. The van der Waals surface area contributed by atoms with E-state index in [-0.39, 0.29) is 0 Å². The number of aromatic nitrogens is 3. The quantitative estimate of drug-likeness (QED) is 0.178. The highest BCUT2D eigenvalue weighted by molar-refractivity contribution is 7.27. The summed E-state index contributed by atoms with van der Waals surface area (Å²) >= 11 is 3.66. The third-order valence-corrected chi connectivity index (χ3v) is 14.8. The Kier molecular flexibility index (Phi) is 7.26. The molecule has 0 fully saturated rings. The van der Waals surface area contributed by atoms with Crippen LogP contribution in [-0.4, -0.2) is 14.5 Å². The second-order valence-corrected chi connectivity index (χ2v) is 17.9. The molecule has 0 aliphatic carbocycles. The van der Waals surface area contributed by atoms with Crippen LogP contribution < -0.4 is 0 Å². The zero-order chi connectivity index (χ0) is 39.5. The van der Waals surface area contributed by atoms with E-state index in [0.29, 0.717) is 0 Å². The minimum Gasteiger partial charge on any atom is -0.343 e. The molecule has 13 aromatic rings. The van der Waals surface area contributed by atoms with E-state index >= 15 is 0 Å². The molecule has 0 atom stereocenters. The van der Waals surface area contributed by atoms with E-state index in [1.54, 1.807) is 0 Å². The van der Waals surface area contributed by atoms with Crippen LogP contribution in [0.3, 0.4) is 0 Å².